The molecule has 4 aliphatic rings. The maximum absolute atomic E-state index is 11.8. The summed E-state index contributed by atoms with van der Waals surface area (Å²) in [6, 6.07) is 0. The third kappa shape index (κ3) is 0.547. The highest BCUT2D eigenvalue weighted by molar-refractivity contribution is 5.82. The average Bonchev–Trinajstić information content (AvgIpc) is 2.83. The van der Waals surface area contributed by atoms with E-state index in [4.69, 9.17) is 4.74 Å². The minimum Gasteiger partial charge on any atom is -0.458 e. The first-order valence-corrected chi connectivity index (χ1v) is 5.68. The Morgan fingerprint density at radius 2 is 2.21 bits per heavy atom. The molecule has 1 heterocycles. The van der Waals surface area contributed by atoms with Crippen LogP contribution in [0.5, 0.6) is 0 Å². The summed E-state index contributed by atoms with van der Waals surface area (Å²) in [5.74, 6) is 0.320. The van der Waals surface area contributed by atoms with Gasteiger partial charge >= 0.3 is 5.97 Å². The molecule has 0 aromatic rings. The maximum atomic E-state index is 11.8. The molecule has 0 amide bonds. The quantitative estimate of drug-likeness (QED) is 0.431. The van der Waals surface area contributed by atoms with Crippen LogP contribution in [-0.4, -0.2) is 12.1 Å². The molecule has 2 heteroatoms. The van der Waals surface area contributed by atoms with Crippen molar-refractivity contribution >= 4 is 5.97 Å². The van der Waals surface area contributed by atoms with E-state index in [1.54, 1.807) is 0 Å². The van der Waals surface area contributed by atoms with E-state index in [0.29, 0.717) is 5.41 Å². The molecule has 0 unspecified atom stereocenters. The molecule has 0 radical (unpaired) electrons. The molecule has 0 aromatic carbocycles. The summed E-state index contributed by atoms with van der Waals surface area (Å²) in [7, 11) is 0. The van der Waals surface area contributed by atoms with Crippen molar-refractivity contribution < 1.29 is 9.53 Å². The molecular formula is C12H14O2. The van der Waals surface area contributed by atoms with Crippen LogP contribution >= 0.6 is 0 Å². The Hall–Kier alpha value is -0.790. The van der Waals surface area contributed by atoms with E-state index in [2.05, 4.69) is 12.2 Å². The van der Waals surface area contributed by atoms with Crippen molar-refractivity contribution in [1.82, 2.24) is 0 Å². The molecule has 2 nitrogen and oxygen atoms in total. The highest BCUT2D eigenvalue weighted by Gasteiger charge is 2.81. The predicted octanol–water partition coefficient (Wildman–Crippen LogP) is 2.05. The van der Waals surface area contributed by atoms with E-state index in [0.717, 1.165) is 6.42 Å². The third-order valence-corrected chi connectivity index (χ3v) is 5.05. The smallest absolute Gasteiger partial charge is 0.311 e. The van der Waals surface area contributed by atoms with Crippen molar-refractivity contribution in [2.75, 3.05) is 0 Å². The summed E-state index contributed by atoms with van der Waals surface area (Å²) in [5, 5.41) is 0. The van der Waals surface area contributed by atoms with Crippen LogP contribution in [0.25, 0.3) is 0 Å². The zero-order valence-electron chi connectivity index (χ0n) is 8.16. The summed E-state index contributed by atoms with van der Waals surface area (Å²) in [5.41, 5.74) is 0.593. The van der Waals surface area contributed by atoms with Crippen molar-refractivity contribution in [2.45, 2.75) is 38.2 Å². The van der Waals surface area contributed by atoms with E-state index in [9.17, 15) is 4.79 Å². The number of allylic oxidation sites excluding steroid dienone is 1. The summed E-state index contributed by atoms with van der Waals surface area (Å²) < 4.78 is 5.39. The first-order chi connectivity index (χ1) is 6.79. The Labute approximate surface area is 83.3 Å². The number of fused-ring (bicyclic) bond motifs is 1. The van der Waals surface area contributed by atoms with Gasteiger partial charge in [0.2, 0.25) is 0 Å². The van der Waals surface area contributed by atoms with Crippen LogP contribution < -0.4 is 0 Å². The van der Waals surface area contributed by atoms with Gasteiger partial charge < -0.3 is 4.74 Å². The van der Waals surface area contributed by atoms with Crippen molar-refractivity contribution in [3.8, 4) is 0 Å². The van der Waals surface area contributed by atoms with Gasteiger partial charge in [0.15, 0.2) is 0 Å². The molecule has 4 rings (SSSR count). The normalized spacial score (nSPS) is 57.6. The molecule has 0 aromatic heterocycles. The largest absolute Gasteiger partial charge is 0.458 e. The lowest BCUT2D eigenvalue weighted by Crippen LogP contribution is -2.32. The van der Waals surface area contributed by atoms with Gasteiger partial charge in [0.05, 0.1) is 5.92 Å². The number of hydrogen-bond acceptors (Lipinski definition) is 2. The summed E-state index contributed by atoms with van der Waals surface area (Å²) >= 11 is 0. The van der Waals surface area contributed by atoms with E-state index >= 15 is 0 Å². The monoisotopic (exact) mass is 190 g/mol. The van der Waals surface area contributed by atoms with E-state index < -0.39 is 0 Å². The predicted molar refractivity (Wildman–Crippen MR) is 50.5 cm³/mol. The number of hydrogen-bond donors (Lipinski definition) is 0. The number of rotatable bonds is 0. The Kier molecular flexibility index (Phi) is 1.03. The van der Waals surface area contributed by atoms with Crippen molar-refractivity contribution in [3.05, 3.63) is 12.2 Å². The second-order valence-electron chi connectivity index (χ2n) is 5.38. The molecule has 14 heavy (non-hydrogen) atoms. The van der Waals surface area contributed by atoms with Gasteiger partial charge in [0.1, 0.15) is 6.10 Å². The van der Waals surface area contributed by atoms with Gasteiger partial charge in [-0.2, -0.15) is 0 Å². The van der Waals surface area contributed by atoms with Gasteiger partial charge in [-0.25, -0.2) is 0 Å². The lowest BCUT2D eigenvalue weighted by Gasteiger charge is -2.34. The van der Waals surface area contributed by atoms with Crippen LogP contribution in [0.15, 0.2) is 12.2 Å². The molecule has 3 aliphatic carbocycles. The Balaban J connectivity index is 1.90. The molecule has 74 valence electrons. The highest BCUT2D eigenvalue weighted by Crippen LogP contribution is 2.81. The van der Waals surface area contributed by atoms with E-state index in [1.807, 2.05) is 0 Å². The van der Waals surface area contributed by atoms with E-state index in [-0.39, 0.29) is 23.4 Å². The molecule has 1 aliphatic heterocycles. The SMILES string of the molecule is O=C1O[C@H]2C=C[C@]34CCCC[C@@]3(C2)[C@H]14. The molecule has 1 saturated heterocycles. The number of ether oxygens (including phenoxy) is 1. The van der Waals surface area contributed by atoms with Gasteiger partial charge in [-0.1, -0.05) is 18.9 Å². The second kappa shape index (κ2) is 1.93. The Bertz CT molecular complexity index is 359. The summed E-state index contributed by atoms with van der Waals surface area (Å²) in [6.45, 7) is 0. The lowest BCUT2D eigenvalue weighted by molar-refractivity contribution is -0.154. The molecule has 2 saturated carbocycles. The first-order valence-electron chi connectivity index (χ1n) is 5.68. The Morgan fingerprint density at radius 3 is 3.14 bits per heavy atom. The van der Waals surface area contributed by atoms with E-state index in [1.165, 1.54) is 25.7 Å². The standard InChI is InChI=1S/C12H14O2/c13-10-9-11-4-1-2-5-12(9,11)7-8(14-10)3-6-11/h3,6,8-9H,1-2,4-5,7H2/t8-,9+,11-,12+/m0/s1. The van der Waals surface area contributed by atoms with Crippen LogP contribution in [0, 0.1) is 16.7 Å². The third-order valence-electron chi connectivity index (χ3n) is 5.05. The molecular weight excluding hydrogens is 176 g/mol. The van der Waals surface area contributed by atoms with Gasteiger partial charge in [-0.05, 0) is 30.8 Å². The summed E-state index contributed by atoms with van der Waals surface area (Å²) in [4.78, 5) is 11.8. The van der Waals surface area contributed by atoms with Gasteiger partial charge in [-0.3, -0.25) is 4.79 Å². The molecule has 0 N–H and O–H groups in total. The average molecular weight is 190 g/mol. The van der Waals surface area contributed by atoms with Crippen LogP contribution in [0.1, 0.15) is 32.1 Å². The zero-order valence-corrected chi connectivity index (χ0v) is 8.16. The van der Waals surface area contributed by atoms with Crippen molar-refractivity contribution in [2.24, 2.45) is 16.7 Å². The van der Waals surface area contributed by atoms with Crippen LogP contribution in [0.2, 0.25) is 0 Å². The number of carbonyl (C=O) groups is 1. The fourth-order valence-corrected chi connectivity index (χ4v) is 4.52. The minimum atomic E-state index is 0.0909. The second-order valence-corrected chi connectivity index (χ2v) is 5.38. The number of esters is 1. The molecule has 2 bridgehead atoms. The van der Waals surface area contributed by atoms with Gasteiger partial charge in [0, 0.05) is 5.41 Å². The summed E-state index contributed by atoms with van der Waals surface area (Å²) in [6.07, 6.45) is 10.7. The molecule has 1 spiro atoms. The van der Waals surface area contributed by atoms with Gasteiger partial charge in [-0.15, -0.1) is 0 Å². The first kappa shape index (κ1) is 7.49. The zero-order chi connectivity index (χ0) is 9.39. The van der Waals surface area contributed by atoms with Crippen molar-refractivity contribution in [1.29, 1.82) is 0 Å². The Morgan fingerprint density at radius 1 is 1.36 bits per heavy atom. The van der Waals surface area contributed by atoms with Crippen LogP contribution in [0.4, 0.5) is 0 Å². The molecule has 4 atom stereocenters. The molecule has 3 fully saturated rings. The van der Waals surface area contributed by atoms with Crippen molar-refractivity contribution in [3.63, 3.8) is 0 Å². The highest BCUT2D eigenvalue weighted by atomic mass is 16.5. The fraction of sp³-hybridized carbons (Fsp3) is 0.750. The topological polar surface area (TPSA) is 26.3 Å². The minimum absolute atomic E-state index is 0.0909. The fourth-order valence-electron chi connectivity index (χ4n) is 4.52. The number of carbonyl (C=O) groups excluding carboxylic acids is 1. The van der Waals surface area contributed by atoms with Crippen LogP contribution in [0.3, 0.4) is 0 Å². The van der Waals surface area contributed by atoms with Crippen LogP contribution in [-0.2, 0) is 9.53 Å². The lowest BCUT2D eigenvalue weighted by atomic mass is 9.73. The van der Waals surface area contributed by atoms with Gasteiger partial charge in [0.25, 0.3) is 0 Å². The maximum Gasteiger partial charge on any atom is 0.311 e.